The first kappa shape index (κ1) is 37.6. The molecule has 3 atom stereocenters. The van der Waals surface area contributed by atoms with Crippen molar-refractivity contribution in [1.82, 2.24) is 15.7 Å². The van der Waals surface area contributed by atoms with Crippen molar-refractivity contribution in [2.45, 2.75) is 57.3 Å². The van der Waals surface area contributed by atoms with Gasteiger partial charge in [-0.3, -0.25) is 29.8 Å². The van der Waals surface area contributed by atoms with E-state index in [1.54, 1.807) is 17.6 Å². The molecule has 2 saturated heterocycles. The second-order valence-corrected chi connectivity index (χ2v) is 13.4. The number of nitrogens with one attached hydrogen (secondary N) is 2. The van der Waals surface area contributed by atoms with Crippen LogP contribution < -0.4 is 15.7 Å². The SMILES string of the molecule is O=C(CCCC(=O)NCc1cccc(-c2cccc([C@@H]3O[C@H](CN4CCN(c5ccc([N+](=O)[O-])cc5)CC4)C[C@H](c4ccc(CO)cc4)O3)c2)c1)NO. The Labute approximate surface area is 308 Å². The van der Waals surface area contributed by atoms with Gasteiger partial charge < -0.3 is 24.8 Å². The number of aliphatic hydroxyl groups excluding tert-OH is 1. The Morgan fingerprint density at radius 1 is 0.811 bits per heavy atom. The Balaban J connectivity index is 1.12. The molecular weight excluding hydrogens is 678 g/mol. The molecule has 13 heteroatoms. The molecule has 0 radical (unpaired) electrons. The van der Waals surface area contributed by atoms with Gasteiger partial charge in [-0.25, -0.2) is 5.48 Å². The lowest BCUT2D eigenvalue weighted by atomic mass is 9.98. The zero-order valence-corrected chi connectivity index (χ0v) is 29.4. The summed E-state index contributed by atoms with van der Waals surface area (Å²) in [6.45, 7) is 4.28. The molecule has 2 heterocycles. The maximum atomic E-state index is 12.3. The van der Waals surface area contributed by atoms with E-state index in [1.165, 1.54) is 0 Å². The van der Waals surface area contributed by atoms with Crippen molar-refractivity contribution in [3.63, 3.8) is 0 Å². The molecule has 4 aromatic carbocycles. The average molecular weight is 724 g/mol. The molecule has 2 aliphatic rings. The van der Waals surface area contributed by atoms with Crippen LogP contribution in [0.4, 0.5) is 11.4 Å². The molecule has 6 rings (SSSR count). The van der Waals surface area contributed by atoms with E-state index in [1.807, 2.05) is 78.9 Å². The molecule has 2 fully saturated rings. The van der Waals surface area contributed by atoms with Gasteiger partial charge in [0.25, 0.3) is 5.69 Å². The number of carbonyl (C=O) groups excluding carboxylic acids is 2. The summed E-state index contributed by atoms with van der Waals surface area (Å²) in [5, 5.41) is 32.2. The summed E-state index contributed by atoms with van der Waals surface area (Å²) in [5.41, 5.74) is 8.26. The van der Waals surface area contributed by atoms with Crippen molar-refractivity contribution >= 4 is 23.2 Å². The van der Waals surface area contributed by atoms with Crippen LogP contribution in [0.1, 0.15) is 60.3 Å². The van der Waals surface area contributed by atoms with E-state index < -0.39 is 12.2 Å². The fraction of sp³-hybridized carbons (Fsp3) is 0.350. The number of hydrogen-bond acceptors (Lipinski definition) is 10. The molecule has 2 amide bonds. The Kier molecular flexibility index (Phi) is 12.8. The summed E-state index contributed by atoms with van der Waals surface area (Å²) in [6, 6.07) is 30.6. The number of hydroxylamine groups is 1. The van der Waals surface area contributed by atoms with Crippen LogP contribution in [-0.2, 0) is 32.2 Å². The second kappa shape index (κ2) is 18.0. The number of aliphatic hydroxyl groups is 1. The molecule has 53 heavy (non-hydrogen) atoms. The molecule has 13 nitrogen and oxygen atoms in total. The van der Waals surface area contributed by atoms with Gasteiger partial charge >= 0.3 is 0 Å². The second-order valence-electron chi connectivity index (χ2n) is 13.4. The van der Waals surface area contributed by atoms with Gasteiger partial charge in [0.15, 0.2) is 6.29 Å². The van der Waals surface area contributed by atoms with Crippen LogP contribution in [0.15, 0.2) is 97.1 Å². The van der Waals surface area contributed by atoms with E-state index in [2.05, 4.69) is 21.2 Å². The van der Waals surface area contributed by atoms with E-state index in [0.29, 0.717) is 19.4 Å². The molecule has 0 aromatic heterocycles. The minimum atomic E-state index is -0.618. The van der Waals surface area contributed by atoms with Crippen LogP contribution in [0.25, 0.3) is 11.1 Å². The van der Waals surface area contributed by atoms with Gasteiger partial charge in [-0.05, 0) is 58.5 Å². The van der Waals surface area contributed by atoms with Crippen LogP contribution in [0.5, 0.6) is 0 Å². The average Bonchev–Trinajstić information content (AvgIpc) is 3.20. The normalized spacial score (nSPS) is 19.1. The number of nitro groups is 1. The van der Waals surface area contributed by atoms with E-state index in [0.717, 1.165) is 71.8 Å². The topological polar surface area (TPSA) is 167 Å². The summed E-state index contributed by atoms with van der Waals surface area (Å²) in [7, 11) is 0. The van der Waals surface area contributed by atoms with Gasteiger partial charge in [0.05, 0.1) is 23.7 Å². The lowest BCUT2D eigenvalue weighted by molar-refractivity contribution is -0.384. The number of benzene rings is 4. The van der Waals surface area contributed by atoms with E-state index in [4.69, 9.17) is 14.7 Å². The third kappa shape index (κ3) is 10.2. The highest BCUT2D eigenvalue weighted by Crippen LogP contribution is 2.39. The predicted molar refractivity (Wildman–Crippen MR) is 198 cm³/mol. The number of nitro benzene ring substituents is 1. The van der Waals surface area contributed by atoms with E-state index in [-0.39, 0.29) is 48.2 Å². The number of non-ortho nitro benzene ring substituents is 1. The molecule has 278 valence electrons. The van der Waals surface area contributed by atoms with Gasteiger partial charge in [-0.15, -0.1) is 0 Å². The van der Waals surface area contributed by atoms with Crippen molar-refractivity contribution in [2.24, 2.45) is 0 Å². The first-order valence-electron chi connectivity index (χ1n) is 17.9. The number of piperazine rings is 1. The Morgan fingerprint density at radius 2 is 1.51 bits per heavy atom. The zero-order chi connectivity index (χ0) is 37.2. The number of rotatable bonds is 14. The van der Waals surface area contributed by atoms with Crippen molar-refractivity contribution in [1.29, 1.82) is 0 Å². The minimum Gasteiger partial charge on any atom is -0.392 e. The van der Waals surface area contributed by atoms with Crippen LogP contribution in [0.2, 0.25) is 0 Å². The third-order valence-electron chi connectivity index (χ3n) is 9.72. The Morgan fingerprint density at radius 3 is 2.21 bits per heavy atom. The molecule has 0 spiro atoms. The number of hydrogen-bond donors (Lipinski definition) is 4. The van der Waals surface area contributed by atoms with Crippen molar-refractivity contribution in [2.75, 3.05) is 37.6 Å². The number of amides is 2. The summed E-state index contributed by atoms with van der Waals surface area (Å²) >= 11 is 0. The van der Waals surface area contributed by atoms with Gasteiger partial charge in [0.2, 0.25) is 11.8 Å². The summed E-state index contributed by atoms with van der Waals surface area (Å²) < 4.78 is 13.3. The molecule has 2 aliphatic heterocycles. The molecule has 4 aromatic rings. The number of ether oxygens (including phenoxy) is 2. The highest BCUT2D eigenvalue weighted by molar-refractivity contribution is 5.78. The third-order valence-corrected chi connectivity index (χ3v) is 9.72. The minimum absolute atomic E-state index is 0.0299. The lowest BCUT2D eigenvalue weighted by Crippen LogP contribution is -2.49. The van der Waals surface area contributed by atoms with Gasteiger partial charge in [-0.1, -0.05) is 60.7 Å². The molecule has 0 saturated carbocycles. The van der Waals surface area contributed by atoms with Crippen LogP contribution in [0, 0.1) is 10.1 Å². The van der Waals surface area contributed by atoms with Crippen molar-refractivity contribution < 1.29 is 34.3 Å². The van der Waals surface area contributed by atoms with Crippen LogP contribution >= 0.6 is 0 Å². The maximum absolute atomic E-state index is 12.3. The standard InChI is InChI=1S/C40H45N5O8/c46-27-28-10-12-30(13-11-28)37-24-36(26-43-18-20-44(21-19-43)34-14-16-35(17-15-34)45(50)51)52-40(53-37)33-7-2-6-32(23-33)31-5-1-4-29(22-31)25-41-38(47)8-3-9-39(48)42-49/h1-2,4-7,10-17,22-23,36-37,40,46,49H,3,8-9,18-21,24-27H2,(H,41,47)(H,42,48)/t36-,37+,40+/m0/s1. The largest absolute Gasteiger partial charge is 0.392 e. The fourth-order valence-corrected chi connectivity index (χ4v) is 6.77. The van der Waals surface area contributed by atoms with Gasteiger partial charge in [-0.2, -0.15) is 0 Å². The summed E-state index contributed by atoms with van der Waals surface area (Å²) in [6.07, 6.45) is 0.310. The zero-order valence-electron chi connectivity index (χ0n) is 29.4. The van der Waals surface area contributed by atoms with E-state index in [9.17, 15) is 24.8 Å². The Bertz CT molecular complexity index is 1850. The number of nitrogens with zero attached hydrogens (tertiary/aromatic N) is 3. The summed E-state index contributed by atoms with van der Waals surface area (Å²) in [5.74, 6) is -0.687. The molecule has 0 aliphatic carbocycles. The summed E-state index contributed by atoms with van der Waals surface area (Å²) in [4.78, 5) is 38.9. The monoisotopic (exact) mass is 723 g/mol. The van der Waals surface area contributed by atoms with Crippen LogP contribution in [-0.4, -0.2) is 70.8 Å². The molecule has 0 unspecified atom stereocenters. The van der Waals surface area contributed by atoms with Gasteiger partial charge in [0.1, 0.15) is 0 Å². The van der Waals surface area contributed by atoms with Crippen molar-refractivity contribution in [3.05, 3.63) is 129 Å². The first-order chi connectivity index (χ1) is 25.8. The van der Waals surface area contributed by atoms with Gasteiger partial charge in [0, 0.05) is 81.9 Å². The Hall–Kier alpha value is -5.18. The maximum Gasteiger partial charge on any atom is 0.269 e. The highest BCUT2D eigenvalue weighted by atomic mass is 16.7. The lowest BCUT2D eigenvalue weighted by Gasteiger charge is -2.41. The smallest absolute Gasteiger partial charge is 0.269 e. The number of anilines is 1. The first-order valence-corrected chi connectivity index (χ1v) is 17.9. The molecule has 4 N–H and O–H groups in total. The molecular formula is C40H45N5O8. The predicted octanol–water partition coefficient (Wildman–Crippen LogP) is 5.41. The van der Waals surface area contributed by atoms with Crippen LogP contribution in [0.3, 0.4) is 0 Å². The highest BCUT2D eigenvalue weighted by Gasteiger charge is 2.34. The van der Waals surface area contributed by atoms with E-state index >= 15 is 0 Å². The molecule has 0 bridgehead atoms. The quantitative estimate of drug-likeness (QED) is 0.0751. The van der Waals surface area contributed by atoms with Crippen molar-refractivity contribution in [3.8, 4) is 11.1 Å². The number of carbonyl (C=O) groups is 2. The fourth-order valence-electron chi connectivity index (χ4n) is 6.77.